The van der Waals surface area contributed by atoms with Crippen LogP contribution in [-0.2, 0) is 10.0 Å². The zero-order valence-electron chi connectivity index (χ0n) is 17.4. The number of pyridine rings is 1. The molecule has 0 unspecified atom stereocenters. The molecule has 8 nitrogen and oxygen atoms in total. The van der Waals surface area contributed by atoms with Crippen molar-refractivity contribution in [2.45, 2.75) is 4.90 Å². The van der Waals surface area contributed by atoms with Gasteiger partial charge in [-0.3, -0.25) is 9.78 Å². The maximum Gasteiger partial charge on any atom is 0.350 e. The molecule has 9 heteroatoms. The molecule has 0 fully saturated rings. The van der Waals surface area contributed by atoms with Gasteiger partial charge in [0.25, 0.3) is 15.9 Å². The molecular formula is C24H17N3O5S. The average molecular weight is 459 g/mol. The maximum absolute atomic E-state index is 13.7. The van der Waals surface area contributed by atoms with Gasteiger partial charge in [-0.1, -0.05) is 36.4 Å². The minimum atomic E-state index is -4.39. The highest BCUT2D eigenvalue weighted by atomic mass is 32.2. The van der Waals surface area contributed by atoms with Crippen LogP contribution in [0.4, 0.5) is 0 Å². The molecule has 0 bridgehead atoms. The molecule has 0 aliphatic carbocycles. The van der Waals surface area contributed by atoms with Gasteiger partial charge in [-0.15, -0.1) is 0 Å². The van der Waals surface area contributed by atoms with Crippen molar-refractivity contribution < 1.29 is 17.9 Å². The number of para-hydroxylation sites is 3. The van der Waals surface area contributed by atoms with E-state index in [1.54, 1.807) is 48.5 Å². The van der Waals surface area contributed by atoms with Crippen LogP contribution in [0.2, 0.25) is 0 Å². The molecule has 0 amide bonds. The Hall–Kier alpha value is -4.24. The SMILES string of the molecule is COc1cccc(C(=O)n2c(=O)n(S(=O)(=O)c3cccc4cccnc34)c3ccccc32)c1. The number of imidazole rings is 1. The normalized spacial score (nSPS) is 11.7. The third kappa shape index (κ3) is 3.21. The first-order valence-corrected chi connectivity index (χ1v) is 11.4. The van der Waals surface area contributed by atoms with Crippen LogP contribution < -0.4 is 10.4 Å². The Morgan fingerprint density at radius 1 is 0.909 bits per heavy atom. The summed E-state index contributed by atoms with van der Waals surface area (Å²) in [4.78, 5) is 30.9. The van der Waals surface area contributed by atoms with Crippen LogP contribution in [0.3, 0.4) is 0 Å². The van der Waals surface area contributed by atoms with Crippen molar-refractivity contribution >= 4 is 37.9 Å². The smallest absolute Gasteiger partial charge is 0.350 e. The van der Waals surface area contributed by atoms with Crippen LogP contribution in [0.1, 0.15) is 10.4 Å². The zero-order valence-corrected chi connectivity index (χ0v) is 18.2. The van der Waals surface area contributed by atoms with Crippen molar-refractivity contribution in [1.29, 1.82) is 0 Å². The quantitative estimate of drug-likeness (QED) is 0.409. The van der Waals surface area contributed by atoms with Crippen molar-refractivity contribution in [3.63, 3.8) is 0 Å². The Balaban J connectivity index is 1.80. The number of rotatable bonds is 4. The van der Waals surface area contributed by atoms with E-state index in [-0.39, 0.29) is 27.0 Å². The van der Waals surface area contributed by atoms with E-state index in [1.807, 2.05) is 0 Å². The number of carbonyl (C=O) groups is 1. The van der Waals surface area contributed by atoms with E-state index in [9.17, 15) is 18.0 Å². The standard InChI is InChI=1S/C24H17N3O5S/c1-32-18-10-4-8-17(15-18)23(28)26-19-11-2-3-12-20(19)27(24(26)29)33(30,31)21-13-5-7-16-9-6-14-25-22(16)21/h2-15H,1H3. The monoisotopic (exact) mass is 459 g/mol. The van der Waals surface area contributed by atoms with Crippen molar-refractivity contribution in [3.05, 3.63) is 101 Å². The third-order valence-electron chi connectivity index (χ3n) is 5.34. The van der Waals surface area contributed by atoms with Crippen LogP contribution in [0, 0.1) is 0 Å². The first-order chi connectivity index (χ1) is 15.9. The highest BCUT2D eigenvalue weighted by molar-refractivity contribution is 7.90. The lowest BCUT2D eigenvalue weighted by atomic mass is 10.2. The Bertz CT molecular complexity index is 1710. The fourth-order valence-corrected chi connectivity index (χ4v) is 5.38. The Kier molecular flexibility index (Phi) is 4.83. The van der Waals surface area contributed by atoms with Gasteiger partial charge in [0.15, 0.2) is 0 Å². The van der Waals surface area contributed by atoms with Crippen LogP contribution in [0.15, 0.2) is 94.7 Å². The summed E-state index contributed by atoms with van der Waals surface area (Å²) in [5, 5.41) is 0.614. The largest absolute Gasteiger partial charge is 0.497 e. The van der Waals surface area contributed by atoms with Gasteiger partial charge in [-0.2, -0.15) is 3.97 Å². The van der Waals surface area contributed by atoms with E-state index < -0.39 is 21.6 Å². The van der Waals surface area contributed by atoms with Crippen LogP contribution >= 0.6 is 0 Å². The molecule has 0 saturated heterocycles. The summed E-state index contributed by atoms with van der Waals surface area (Å²) in [5.74, 6) is -0.229. The predicted octanol–water partition coefficient (Wildman–Crippen LogP) is 3.29. The highest BCUT2D eigenvalue weighted by Crippen LogP contribution is 2.25. The zero-order chi connectivity index (χ0) is 23.2. The number of methoxy groups -OCH3 is 1. The van der Waals surface area contributed by atoms with Gasteiger partial charge in [0.05, 0.1) is 23.7 Å². The number of hydrogen-bond acceptors (Lipinski definition) is 6. The second-order valence-corrected chi connectivity index (χ2v) is 9.00. The van der Waals surface area contributed by atoms with Crippen molar-refractivity contribution in [2.24, 2.45) is 0 Å². The van der Waals surface area contributed by atoms with Gasteiger partial charge >= 0.3 is 5.69 Å². The lowest BCUT2D eigenvalue weighted by Crippen LogP contribution is -2.33. The number of fused-ring (bicyclic) bond motifs is 2. The van der Waals surface area contributed by atoms with Crippen LogP contribution in [-0.4, -0.2) is 35.0 Å². The summed E-state index contributed by atoms with van der Waals surface area (Å²) in [6.07, 6.45) is 1.49. The molecule has 2 heterocycles. The molecule has 0 saturated carbocycles. The second-order valence-electron chi connectivity index (χ2n) is 7.24. The predicted molar refractivity (Wildman–Crippen MR) is 123 cm³/mol. The topological polar surface area (TPSA) is 100 Å². The summed E-state index contributed by atoms with van der Waals surface area (Å²) in [5.41, 5.74) is -0.304. The summed E-state index contributed by atoms with van der Waals surface area (Å²) < 4.78 is 34.2. The lowest BCUT2D eigenvalue weighted by Gasteiger charge is -2.08. The molecular weight excluding hydrogens is 442 g/mol. The van der Waals surface area contributed by atoms with Crippen LogP contribution in [0.25, 0.3) is 21.9 Å². The van der Waals surface area contributed by atoms with Gasteiger partial charge in [0.2, 0.25) is 0 Å². The number of ether oxygens (including phenoxy) is 1. The molecule has 0 atom stereocenters. The van der Waals surface area contributed by atoms with Gasteiger partial charge in [0.1, 0.15) is 10.6 Å². The highest BCUT2D eigenvalue weighted by Gasteiger charge is 2.29. The lowest BCUT2D eigenvalue weighted by molar-refractivity contribution is 0.0960. The number of nitrogens with zero attached hydrogens (tertiary/aromatic N) is 3. The van der Waals surface area contributed by atoms with Crippen molar-refractivity contribution in [2.75, 3.05) is 7.11 Å². The van der Waals surface area contributed by atoms with E-state index in [4.69, 9.17) is 4.74 Å². The van der Waals surface area contributed by atoms with Crippen molar-refractivity contribution in [3.8, 4) is 5.75 Å². The van der Waals surface area contributed by atoms with Crippen LogP contribution in [0.5, 0.6) is 5.75 Å². The van der Waals surface area contributed by atoms with E-state index >= 15 is 0 Å². The Morgan fingerprint density at radius 2 is 1.64 bits per heavy atom. The number of hydrogen-bond donors (Lipinski definition) is 0. The molecule has 164 valence electrons. The minimum Gasteiger partial charge on any atom is -0.497 e. The molecule has 0 spiro atoms. The van der Waals surface area contributed by atoms with Gasteiger partial charge in [-0.05, 0) is 42.5 Å². The first kappa shape index (κ1) is 20.7. The summed E-state index contributed by atoms with van der Waals surface area (Å²) >= 11 is 0. The van der Waals surface area contributed by atoms with E-state index in [0.29, 0.717) is 15.1 Å². The minimum absolute atomic E-state index is 0.0895. The van der Waals surface area contributed by atoms with Gasteiger partial charge in [-0.25, -0.2) is 17.8 Å². The number of aromatic nitrogens is 3. The molecule has 0 aliphatic heterocycles. The third-order valence-corrected chi connectivity index (χ3v) is 7.06. The van der Waals surface area contributed by atoms with E-state index in [2.05, 4.69) is 4.98 Å². The second kappa shape index (κ2) is 7.72. The molecule has 0 radical (unpaired) electrons. The Morgan fingerprint density at radius 3 is 2.42 bits per heavy atom. The first-order valence-electron chi connectivity index (χ1n) is 9.94. The van der Waals surface area contributed by atoms with Crippen molar-refractivity contribution in [1.82, 2.24) is 13.5 Å². The van der Waals surface area contributed by atoms with E-state index in [1.165, 1.54) is 43.6 Å². The maximum atomic E-state index is 13.7. The van der Waals surface area contributed by atoms with Gasteiger partial charge in [0, 0.05) is 17.1 Å². The Labute approximate surface area is 188 Å². The molecule has 33 heavy (non-hydrogen) atoms. The fraction of sp³-hybridized carbons (Fsp3) is 0.0417. The van der Waals surface area contributed by atoms with Gasteiger partial charge < -0.3 is 4.74 Å². The molecule has 0 aliphatic rings. The fourth-order valence-electron chi connectivity index (χ4n) is 3.82. The molecule has 5 rings (SSSR count). The number of benzene rings is 3. The number of carbonyl (C=O) groups excluding carboxylic acids is 1. The summed E-state index contributed by atoms with van der Waals surface area (Å²) in [6.45, 7) is 0. The average Bonchev–Trinajstić information content (AvgIpc) is 3.15. The van der Waals surface area contributed by atoms with E-state index in [0.717, 1.165) is 4.57 Å². The molecule has 2 aromatic heterocycles. The molecule has 0 N–H and O–H groups in total. The molecule has 3 aromatic carbocycles. The summed E-state index contributed by atoms with van der Waals surface area (Å²) in [7, 11) is -2.92. The molecule has 5 aromatic rings. The summed E-state index contributed by atoms with van der Waals surface area (Å²) in [6, 6.07) is 20.7.